The molecule has 2 N–H and O–H groups in total. The second-order valence-electron chi connectivity index (χ2n) is 11.3. The van der Waals surface area contributed by atoms with Gasteiger partial charge < -0.3 is 24.7 Å². The fraction of sp³-hybridized carbons (Fsp3) is 0.303. The first-order valence-corrected chi connectivity index (χ1v) is 13.8. The molecule has 6 nitrogen and oxygen atoms in total. The van der Waals surface area contributed by atoms with Crippen LogP contribution in [0.3, 0.4) is 0 Å². The largest absolute Gasteiger partial charge is 0.451 e. The molecule has 5 rings (SSSR count). The first-order chi connectivity index (χ1) is 19.7. The monoisotopic (exact) mass is 559 g/mol. The second-order valence-corrected chi connectivity index (χ2v) is 11.3. The van der Waals surface area contributed by atoms with Gasteiger partial charge in [0.2, 0.25) is 0 Å². The van der Waals surface area contributed by atoms with Gasteiger partial charge in [0, 0.05) is 29.9 Å². The lowest BCUT2D eigenvalue weighted by Gasteiger charge is -2.22. The number of hydrogen-bond acceptors (Lipinski definition) is 4. The fourth-order valence-corrected chi connectivity index (χ4v) is 5.03. The van der Waals surface area contributed by atoms with Gasteiger partial charge in [0.15, 0.2) is 17.4 Å². The van der Waals surface area contributed by atoms with E-state index < -0.39 is 22.9 Å². The molecule has 1 amide bonds. The number of halogens is 2. The van der Waals surface area contributed by atoms with Crippen LogP contribution >= 0.6 is 0 Å². The Hall–Kier alpha value is -4.01. The highest BCUT2D eigenvalue weighted by molar-refractivity contribution is 6.02. The molecule has 1 saturated heterocycles. The van der Waals surface area contributed by atoms with Crippen LogP contribution in [0.4, 0.5) is 8.78 Å². The highest BCUT2D eigenvalue weighted by atomic mass is 19.1. The Labute approximate surface area is 239 Å². The normalized spacial score (nSPS) is 15.2. The SMILES string of the molecule is CC(C)(C)NC(=O)c1c(-c2ccc(Oc3c(F)cccc3F)cc2)cn([C@@H]2CCNC2)c1COCc1ccccc1. The Morgan fingerprint density at radius 2 is 1.68 bits per heavy atom. The molecule has 0 spiro atoms. The summed E-state index contributed by atoms with van der Waals surface area (Å²) in [4.78, 5) is 13.8. The van der Waals surface area contributed by atoms with Crippen molar-refractivity contribution in [3.05, 3.63) is 107 Å². The highest BCUT2D eigenvalue weighted by Crippen LogP contribution is 2.35. The van der Waals surface area contributed by atoms with E-state index in [2.05, 4.69) is 15.2 Å². The van der Waals surface area contributed by atoms with Crippen molar-refractivity contribution in [3.8, 4) is 22.6 Å². The first-order valence-electron chi connectivity index (χ1n) is 13.8. The zero-order valence-electron chi connectivity index (χ0n) is 23.5. The van der Waals surface area contributed by atoms with Crippen molar-refractivity contribution in [1.82, 2.24) is 15.2 Å². The first kappa shape index (κ1) is 28.5. The van der Waals surface area contributed by atoms with Gasteiger partial charge in [-0.05, 0) is 69.1 Å². The van der Waals surface area contributed by atoms with Crippen LogP contribution in [0.2, 0.25) is 0 Å². The van der Waals surface area contributed by atoms with Crippen molar-refractivity contribution in [3.63, 3.8) is 0 Å². The Balaban J connectivity index is 1.51. The molecule has 214 valence electrons. The van der Waals surface area contributed by atoms with Gasteiger partial charge in [0.05, 0.1) is 24.5 Å². The minimum atomic E-state index is -0.780. The van der Waals surface area contributed by atoms with E-state index in [1.165, 1.54) is 6.07 Å². The maximum absolute atomic E-state index is 14.1. The summed E-state index contributed by atoms with van der Waals surface area (Å²) in [5.41, 5.74) is 3.49. The highest BCUT2D eigenvalue weighted by Gasteiger charge is 2.29. The van der Waals surface area contributed by atoms with E-state index in [4.69, 9.17) is 9.47 Å². The van der Waals surface area contributed by atoms with Crippen LogP contribution in [0.15, 0.2) is 79.0 Å². The van der Waals surface area contributed by atoms with Gasteiger partial charge >= 0.3 is 0 Å². The molecule has 1 aliphatic rings. The van der Waals surface area contributed by atoms with E-state index in [-0.39, 0.29) is 24.3 Å². The van der Waals surface area contributed by atoms with Gasteiger partial charge in [0.25, 0.3) is 5.91 Å². The molecule has 1 fully saturated rings. The summed E-state index contributed by atoms with van der Waals surface area (Å²) in [5, 5.41) is 6.54. The number of para-hydroxylation sites is 1. The van der Waals surface area contributed by atoms with E-state index >= 15 is 0 Å². The number of hydrogen-bond donors (Lipinski definition) is 2. The zero-order chi connectivity index (χ0) is 29.0. The topological polar surface area (TPSA) is 64.5 Å². The fourth-order valence-electron chi connectivity index (χ4n) is 5.03. The molecule has 4 aromatic rings. The number of benzene rings is 3. The number of carbonyl (C=O) groups excluding carboxylic acids is 1. The van der Waals surface area contributed by atoms with Crippen LogP contribution in [0.5, 0.6) is 11.5 Å². The van der Waals surface area contributed by atoms with Crippen molar-refractivity contribution < 1.29 is 23.0 Å². The molecule has 0 radical (unpaired) electrons. The third-order valence-electron chi connectivity index (χ3n) is 6.94. The van der Waals surface area contributed by atoms with E-state index in [0.29, 0.717) is 12.2 Å². The molecule has 0 aliphatic carbocycles. The molecule has 0 bridgehead atoms. The summed E-state index contributed by atoms with van der Waals surface area (Å²) in [7, 11) is 0. The van der Waals surface area contributed by atoms with Gasteiger partial charge in [0.1, 0.15) is 5.75 Å². The maximum atomic E-state index is 14.1. The van der Waals surface area contributed by atoms with Crippen LogP contribution in [-0.2, 0) is 18.0 Å². The predicted molar refractivity (Wildman–Crippen MR) is 155 cm³/mol. The lowest BCUT2D eigenvalue weighted by Crippen LogP contribution is -2.41. The van der Waals surface area contributed by atoms with Crippen LogP contribution < -0.4 is 15.4 Å². The summed E-state index contributed by atoms with van der Waals surface area (Å²) in [5.74, 6) is -1.92. The van der Waals surface area contributed by atoms with Gasteiger partial charge in [-0.2, -0.15) is 0 Å². The number of rotatable bonds is 9. The zero-order valence-corrected chi connectivity index (χ0v) is 23.5. The Bertz CT molecular complexity index is 1470. The van der Waals surface area contributed by atoms with Crippen molar-refractivity contribution in [1.29, 1.82) is 0 Å². The quantitative estimate of drug-likeness (QED) is 0.232. The Morgan fingerprint density at radius 1 is 0.976 bits per heavy atom. The van der Waals surface area contributed by atoms with Crippen LogP contribution in [0.1, 0.15) is 54.8 Å². The van der Waals surface area contributed by atoms with Crippen LogP contribution in [0.25, 0.3) is 11.1 Å². The summed E-state index contributed by atoms with van der Waals surface area (Å²) < 4.78 is 42.1. The summed E-state index contributed by atoms with van der Waals surface area (Å²) >= 11 is 0. The lowest BCUT2D eigenvalue weighted by atomic mass is 10.0. The summed E-state index contributed by atoms with van der Waals surface area (Å²) in [6.45, 7) is 8.20. The molecular weight excluding hydrogens is 524 g/mol. The Kier molecular flexibility index (Phi) is 8.52. The number of ether oxygens (including phenoxy) is 2. The molecule has 0 saturated carbocycles. The van der Waals surface area contributed by atoms with Crippen LogP contribution in [-0.4, -0.2) is 29.1 Å². The van der Waals surface area contributed by atoms with Crippen molar-refractivity contribution >= 4 is 5.91 Å². The minimum Gasteiger partial charge on any atom is -0.451 e. The van der Waals surface area contributed by atoms with Gasteiger partial charge in [-0.25, -0.2) is 8.78 Å². The average molecular weight is 560 g/mol. The molecule has 0 unspecified atom stereocenters. The van der Waals surface area contributed by atoms with Crippen molar-refractivity contribution in [2.75, 3.05) is 13.1 Å². The number of amides is 1. The summed E-state index contributed by atoms with van der Waals surface area (Å²) in [6.07, 6.45) is 2.95. The van der Waals surface area contributed by atoms with Gasteiger partial charge in [-0.3, -0.25) is 4.79 Å². The van der Waals surface area contributed by atoms with E-state index in [9.17, 15) is 13.6 Å². The van der Waals surface area contributed by atoms with Crippen molar-refractivity contribution in [2.45, 2.75) is 52.0 Å². The molecule has 1 aliphatic heterocycles. The number of aromatic nitrogens is 1. The third kappa shape index (κ3) is 6.84. The molecule has 1 atom stereocenters. The van der Waals surface area contributed by atoms with Gasteiger partial charge in [-0.1, -0.05) is 48.5 Å². The molecule has 2 heterocycles. The predicted octanol–water partition coefficient (Wildman–Crippen LogP) is 7.01. The molecule has 1 aromatic heterocycles. The number of nitrogens with zero attached hydrogens (tertiary/aromatic N) is 1. The standard InChI is InChI=1S/C33H35F2N3O3/c1-33(2,3)37-32(39)30-26(23-12-14-25(15-13-23)41-31-27(34)10-7-11-28(31)35)19-38(24-16-17-36-18-24)29(30)21-40-20-22-8-5-4-6-9-22/h4-15,19,24,36H,16-18,20-21H2,1-3H3,(H,37,39)/t24-/m1/s1. The van der Waals surface area contributed by atoms with Crippen LogP contribution in [0, 0.1) is 11.6 Å². The second kappa shape index (κ2) is 12.2. The Morgan fingerprint density at radius 3 is 2.32 bits per heavy atom. The maximum Gasteiger partial charge on any atom is 0.254 e. The van der Waals surface area contributed by atoms with Crippen molar-refractivity contribution in [2.24, 2.45) is 0 Å². The lowest BCUT2D eigenvalue weighted by molar-refractivity contribution is 0.0886. The molecule has 3 aromatic carbocycles. The summed E-state index contributed by atoms with van der Waals surface area (Å²) in [6, 6.07) is 20.6. The van der Waals surface area contributed by atoms with E-state index in [0.717, 1.165) is 54.0 Å². The number of carbonyl (C=O) groups is 1. The average Bonchev–Trinajstić information content (AvgIpc) is 3.59. The number of nitrogens with one attached hydrogen (secondary N) is 2. The van der Waals surface area contributed by atoms with Gasteiger partial charge in [-0.15, -0.1) is 0 Å². The van der Waals surface area contributed by atoms with E-state index in [1.807, 2.05) is 57.3 Å². The molecular formula is C33H35F2N3O3. The van der Waals surface area contributed by atoms with E-state index in [1.54, 1.807) is 24.3 Å². The third-order valence-corrected chi connectivity index (χ3v) is 6.94. The minimum absolute atomic E-state index is 0.173. The molecule has 8 heteroatoms. The smallest absolute Gasteiger partial charge is 0.254 e. The molecule has 41 heavy (non-hydrogen) atoms.